The molecule has 0 unspecified atom stereocenters. The predicted octanol–water partition coefficient (Wildman–Crippen LogP) is 1.73. The Kier molecular flexibility index (Phi) is 2.68. The van der Waals surface area contributed by atoms with Crippen LogP contribution >= 0.6 is 11.6 Å². The summed E-state index contributed by atoms with van der Waals surface area (Å²) < 4.78 is 0. The van der Waals surface area contributed by atoms with Crippen molar-refractivity contribution in [3.8, 4) is 0 Å². The second kappa shape index (κ2) is 3.56. The van der Waals surface area contributed by atoms with Gasteiger partial charge in [-0.3, -0.25) is 4.84 Å². The van der Waals surface area contributed by atoms with Crippen LogP contribution in [0.4, 0.5) is 0 Å². The van der Waals surface area contributed by atoms with Crippen molar-refractivity contribution in [2.24, 2.45) is 5.90 Å². The van der Waals surface area contributed by atoms with E-state index in [1.165, 1.54) is 0 Å². The minimum absolute atomic E-state index is 0.361. The van der Waals surface area contributed by atoms with Gasteiger partial charge in [-0.2, -0.15) is 0 Å². The van der Waals surface area contributed by atoms with E-state index >= 15 is 0 Å². The van der Waals surface area contributed by atoms with Crippen LogP contribution in [0, 0.1) is 0 Å². The molecule has 0 bridgehead atoms. The first-order valence-electron chi connectivity index (χ1n) is 2.89. The lowest BCUT2D eigenvalue weighted by Gasteiger charge is -1.99. The van der Waals surface area contributed by atoms with Gasteiger partial charge in [0.15, 0.2) is 0 Å². The van der Waals surface area contributed by atoms with Crippen LogP contribution in [-0.4, -0.2) is 0 Å². The van der Waals surface area contributed by atoms with Crippen LogP contribution in [0.2, 0.25) is 5.02 Å². The molecular formula is C7H8ClNO. The minimum atomic E-state index is 0.361. The Morgan fingerprint density at radius 3 is 2.70 bits per heavy atom. The quantitative estimate of drug-likeness (QED) is 0.664. The van der Waals surface area contributed by atoms with E-state index < -0.39 is 0 Å². The lowest BCUT2D eigenvalue weighted by molar-refractivity contribution is 0.124. The molecule has 3 heteroatoms. The maximum absolute atomic E-state index is 5.77. The van der Waals surface area contributed by atoms with Crippen molar-refractivity contribution in [2.75, 3.05) is 0 Å². The van der Waals surface area contributed by atoms with Gasteiger partial charge in [0.05, 0.1) is 6.61 Å². The van der Waals surface area contributed by atoms with E-state index in [9.17, 15) is 0 Å². The summed E-state index contributed by atoms with van der Waals surface area (Å²) in [6.07, 6.45) is 0. The van der Waals surface area contributed by atoms with E-state index in [1.807, 2.05) is 18.2 Å². The monoisotopic (exact) mass is 157 g/mol. The van der Waals surface area contributed by atoms with Crippen LogP contribution in [0.3, 0.4) is 0 Å². The van der Waals surface area contributed by atoms with E-state index in [1.54, 1.807) is 6.07 Å². The first-order valence-corrected chi connectivity index (χ1v) is 3.27. The van der Waals surface area contributed by atoms with Crippen LogP contribution in [0.15, 0.2) is 24.3 Å². The highest BCUT2D eigenvalue weighted by molar-refractivity contribution is 6.31. The standard InChI is InChI=1S/C7H8ClNO/c8-7-4-2-1-3-6(7)5-10-9/h1-4H,5,9H2. The summed E-state index contributed by atoms with van der Waals surface area (Å²) >= 11 is 5.77. The van der Waals surface area contributed by atoms with Gasteiger partial charge >= 0.3 is 0 Å². The third-order valence-corrected chi connectivity index (χ3v) is 1.57. The van der Waals surface area contributed by atoms with E-state index in [0.717, 1.165) is 5.56 Å². The molecule has 0 saturated heterocycles. The van der Waals surface area contributed by atoms with Gasteiger partial charge in [0, 0.05) is 5.02 Å². The van der Waals surface area contributed by atoms with E-state index in [0.29, 0.717) is 11.6 Å². The minimum Gasteiger partial charge on any atom is -0.300 e. The van der Waals surface area contributed by atoms with Gasteiger partial charge in [-0.25, -0.2) is 5.90 Å². The maximum Gasteiger partial charge on any atom is 0.0944 e. The summed E-state index contributed by atoms with van der Waals surface area (Å²) in [6, 6.07) is 7.42. The van der Waals surface area contributed by atoms with Crippen molar-refractivity contribution in [1.29, 1.82) is 0 Å². The number of hydrogen-bond donors (Lipinski definition) is 1. The number of benzene rings is 1. The molecule has 1 rings (SSSR count). The first kappa shape index (κ1) is 7.54. The molecule has 0 heterocycles. The highest BCUT2D eigenvalue weighted by Gasteiger charge is 1.95. The first-order chi connectivity index (χ1) is 4.84. The number of rotatable bonds is 2. The molecule has 54 valence electrons. The molecule has 1 aromatic carbocycles. The van der Waals surface area contributed by atoms with Crippen LogP contribution in [-0.2, 0) is 11.4 Å². The summed E-state index contributed by atoms with van der Waals surface area (Å²) in [6.45, 7) is 0.361. The largest absolute Gasteiger partial charge is 0.300 e. The van der Waals surface area contributed by atoms with E-state index in [-0.39, 0.29) is 0 Å². The van der Waals surface area contributed by atoms with Gasteiger partial charge in [-0.05, 0) is 11.6 Å². The van der Waals surface area contributed by atoms with Gasteiger partial charge in [0.25, 0.3) is 0 Å². The summed E-state index contributed by atoms with van der Waals surface area (Å²) in [5, 5.41) is 0.688. The van der Waals surface area contributed by atoms with Crippen LogP contribution in [0.25, 0.3) is 0 Å². The molecule has 0 fully saturated rings. The molecule has 2 N–H and O–H groups in total. The third kappa shape index (κ3) is 1.70. The predicted molar refractivity (Wildman–Crippen MR) is 40.4 cm³/mol. The van der Waals surface area contributed by atoms with Crippen molar-refractivity contribution >= 4 is 11.6 Å². The summed E-state index contributed by atoms with van der Waals surface area (Å²) in [5.41, 5.74) is 0.909. The molecule has 0 aliphatic heterocycles. The van der Waals surface area contributed by atoms with Crippen molar-refractivity contribution in [1.82, 2.24) is 0 Å². The number of halogens is 1. The molecule has 0 saturated carbocycles. The van der Waals surface area contributed by atoms with Crippen LogP contribution < -0.4 is 5.90 Å². The van der Waals surface area contributed by atoms with Gasteiger partial charge in [0.1, 0.15) is 0 Å². The Hall–Kier alpha value is -0.570. The molecule has 10 heavy (non-hydrogen) atoms. The summed E-state index contributed by atoms with van der Waals surface area (Å²) in [4.78, 5) is 4.42. The van der Waals surface area contributed by atoms with Crippen molar-refractivity contribution in [2.45, 2.75) is 6.61 Å². The number of nitrogens with two attached hydrogens (primary N) is 1. The zero-order valence-electron chi connectivity index (χ0n) is 5.38. The van der Waals surface area contributed by atoms with E-state index in [4.69, 9.17) is 17.5 Å². The average molecular weight is 158 g/mol. The molecule has 0 atom stereocenters. The lowest BCUT2D eigenvalue weighted by Crippen LogP contribution is -1.98. The normalized spacial score (nSPS) is 9.80. The number of hydrogen-bond acceptors (Lipinski definition) is 2. The Morgan fingerprint density at radius 2 is 2.10 bits per heavy atom. The highest BCUT2D eigenvalue weighted by Crippen LogP contribution is 2.14. The molecule has 1 aromatic rings. The molecule has 2 nitrogen and oxygen atoms in total. The van der Waals surface area contributed by atoms with Crippen molar-refractivity contribution in [3.05, 3.63) is 34.9 Å². The molecule has 0 aliphatic rings. The highest BCUT2D eigenvalue weighted by atomic mass is 35.5. The maximum atomic E-state index is 5.77. The Morgan fingerprint density at radius 1 is 1.40 bits per heavy atom. The van der Waals surface area contributed by atoms with Gasteiger partial charge in [-0.1, -0.05) is 29.8 Å². The average Bonchev–Trinajstić information content (AvgIpc) is 1.94. The second-order valence-corrected chi connectivity index (χ2v) is 2.31. The fraction of sp³-hybridized carbons (Fsp3) is 0.143. The van der Waals surface area contributed by atoms with Gasteiger partial charge < -0.3 is 0 Å². The molecule has 0 amide bonds. The molecule has 0 spiro atoms. The SMILES string of the molecule is NOCc1ccccc1Cl. The molecule has 0 aliphatic carbocycles. The van der Waals surface area contributed by atoms with Gasteiger partial charge in [0.2, 0.25) is 0 Å². The van der Waals surface area contributed by atoms with Crippen molar-refractivity contribution < 1.29 is 4.84 Å². The molecule has 0 aromatic heterocycles. The van der Waals surface area contributed by atoms with E-state index in [2.05, 4.69) is 4.84 Å². The smallest absolute Gasteiger partial charge is 0.0944 e. The molecule has 0 radical (unpaired) electrons. The Balaban J connectivity index is 2.81. The lowest BCUT2D eigenvalue weighted by atomic mass is 10.2. The summed E-state index contributed by atoms with van der Waals surface area (Å²) in [7, 11) is 0. The second-order valence-electron chi connectivity index (χ2n) is 1.90. The summed E-state index contributed by atoms with van der Waals surface area (Å²) in [5.74, 6) is 4.87. The van der Waals surface area contributed by atoms with Crippen molar-refractivity contribution in [3.63, 3.8) is 0 Å². The van der Waals surface area contributed by atoms with Gasteiger partial charge in [-0.15, -0.1) is 0 Å². The zero-order valence-corrected chi connectivity index (χ0v) is 6.14. The Labute approximate surface area is 64.5 Å². The third-order valence-electron chi connectivity index (χ3n) is 1.20. The topological polar surface area (TPSA) is 35.2 Å². The molecular weight excluding hydrogens is 150 g/mol. The fourth-order valence-corrected chi connectivity index (χ4v) is 0.896. The Bertz CT molecular complexity index is 215. The fourth-order valence-electron chi connectivity index (χ4n) is 0.705. The van der Waals surface area contributed by atoms with Crippen LogP contribution in [0.5, 0.6) is 0 Å². The van der Waals surface area contributed by atoms with Crippen LogP contribution in [0.1, 0.15) is 5.56 Å². The zero-order chi connectivity index (χ0) is 7.40.